The van der Waals surface area contributed by atoms with Crippen molar-refractivity contribution in [3.05, 3.63) is 46.8 Å². The van der Waals surface area contributed by atoms with Crippen LogP contribution >= 0.6 is 0 Å². The molecule has 0 bridgehead atoms. The summed E-state index contributed by atoms with van der Waals surface area (Å²) in [5.74, 6) is 1.80. The molecule has 0 aromatic carbocycles. The van der Waals surface area contributed by atoms with Crippen molar-refractivity contribution in [1.82, 2.24) is 34.4 Å². The zero-order valence-electron chi connectivity index (χ0n) is 17.5. The summed E-state index contributed by atoms with van der Waals surface area (Å²) < 4.78 is 3.99. The van der Waals surface area contributed by atoms with Gasteiger partial charge in [-0.15, -0.1) is 0 Å². The third-order valence-corrected chi connectivity index (χ3v) is 6.13. The van der Waals surface area contributed by atoms with Crippen LogP contribution in [0.2, 0.25) is 0 Å². The molecule has 1 aliphatic heterocycles. The van der Waals surface area contributed by atoms with Crippen LogP contribution in [0.25, 0.3) is 5.82 Å². The van der Waals surface area contributed by atoms with Gasteiger partial charge >= 0.3 is 0 Å². The second-order valence-corrected chi connectivity index (χ2v) is 8.19. The van der Waals surface area contributed by atoms with E-state index in [2.05, 4.69) is 49.6 Å². The molecule has 5 rings (SSSR count). The van der Waals surface area contributed by atoms with Gasteiger partial charge < -0.3 is 4.90 Å². The maximum Gasteiger partial charge on any atom is 0.159 e. The number of aryl methyl sites for hydroxylation is 4. The van der Waals surface area contributed by atoms with Crippen molar-refractivity contribution in [3.8, 4) is 5.82 Å². The third kappa shape index (κ3) is 3.42. The van der Waals surface area contributed by atoms with E-state index in [1.807, 2.05) is 17.7 Å². The molecule has 0 N–H and O–H groups in total. The fourth-order valence-electron chi connectivity index (χ4n) is 4.62. The highest BCUT2D eigenvalue weighted by molar-refractivity contribution is 5.44. The summed E-state index contributed by atoms with van der Waals surface area (Å²) in [5.41, 5.74) is 6.30. The largest absolute Gasteiger partial charge is 0.354 e. The smallest absolute Gasteiger partial charge is 0.159 e. The first kappa shape index (κ1) is 18.3. The summed E-state index contributed by atoms with van der Waals surface area (Å²) in [6.45, 7) is 9.03. The van der Waals surface area contributed by atoms with Crippen LogP contribution in [0.5, 0.6) is 0 Å². The first-order chi connectivity index (χ1) is 14.1. The molecule has 1 saturated heterocycles. The van der Waals surface area contributed by atoms with Gasteiger partial charge in [-0.25, -0.2) is 14.6 Å². The molecule has 0 atom stereocenters. The van der Waals surface area contributed by atoms with Crippen molar-refractivity contribution < 1.29 is 0 Å². The second-order valence-electron chi connectivity index (χ2n) is 8.19. The number of hydrogen-bond acceptors (Lipinski definition) is 6. The van der Waals surface area contributed by atoms with Gasteiger partial charge in [0.25, 0.3) is 0 Å². The number of piperazine rings is 1. The van der Waals surface area contributed by atoms with Crippen molar-refractivity contribution in [2.24, 2.45) is 7.05 Å². The average Bonchev–Trinajstić information content (AvgIpc) is 3.39. The molecule has 3 aromatic rings. The van der Waals surface area contributed by atoms with Gasteiger partial charge in [-0.05, 0) is 44.7 Å². The van der Waals surface area contributed by atoms with Crippen LogP contribution in [0.15, 0.2) is 18.5 Å². The highest BCUT2D eigenvalue weighted by Crippen LogP contribution is 2.26. The van der Waals surface area contributed by atoms with E-state index in [4.69, 9.17) is 5.10 Å². The number of anilines is 1. The lowest BCUT2D eigenvalue weighted by atomic mass is 10.2. The van der Waals surface area contributed by atoms with Gasteiger partial charge in [-0.2, -0.15) is 10.2 Å². The molecule has 29 heavy (non-hydrogen) atoms. The fourth-order valence-corrected chi connectivity index (χ4v) is 4.62. The molecule has 3 aromatic heterocycles. The molecule has 1 aliphatic carbocycles. The van der Waals surface area contributed by atoms with E-state index in [0.717, 1.165) is 62.2 Å². The molecular formula is C21H28N8. The van der Waals surface area contributed by atoms with Gasteiger partial charge in [0.2, 0.25) is 0 Å². The van der Waals surface area contributed by atoms with Crippen LogP contribution in [-0.4, -0.2) is 60.6 Å². The second kappa shape index (κ2) is 7.26. The first-order valence-electron chi connectivity index (χ1n) is 10.4. The van der Waals surface area contributed by atoms with E-state index in [0.29, 0.717) is 0 Å². The van der Waals surface area contributed by atoms with Crippen molar-refractivity contribution in [2.75, 3.05) is 31.1 Å². The lowest BCUT2D eigenvalue weighted by Crippen LogP contribution is -2.46. The average molecular weight is 393 g/mol. The summed E-state index contributed by atoms with van der Waals surface area (Å²) in [5, 5.41) is 9.27. The Morgan fingerprint density at radius 2 is 1.72 bits per heavy atom. The summed E-state index contributed by atoms with van der Waals surface area (Å²) in [7, 11) is 2.09. The lowest BCUT2D eigenvalue weighted by Gasteiger charge is -2.35. The molecule has 152 valence electrons. The topological polar surface area (TPSA) is 67.9 Å². The molecule has 0 radical (unpaired) electrons. The van der Waals surface area contributed by atoms with Crippen LogP contribution in [0.4, 0.5) is 5.82 Å². The molecular weight excluding hydrogens is 364 g/mol. The van der Waals surface area contributed by atoms with Crippen LogP contribution in [-0.2, 0) is 26.4 Å². The Bertz CT molecular complexity index is 1030. The fraction of sp³-hybridized carbons (Fsp3) is 0.524. The quantitative estimate of drug-likeness (QED) is 0.675. The zero-order chi connectivity index (χ0) is 20.0. The number of rotatable bonds is 4. The number of nitrogens with zero attached hydrogens (tertiary/aromatic N) is 8. The Labute approximate surface area is 171 Å². The molecule has 2 aliphatic rings. The Morgan fingerprint density at radius 3 is 2.48 bits per heavy atom. The van der Waals surface area contributed by atoms with Gasteiger partial charge in [0.15, 0.2) is 5.82 Å². The Balaban J connectivity index is 1.27. The highest BCUT2D eigenvalue weighted by atomic mass is 15.3. The Hall–Kier alpha value is -2.74. The standard InChI is InChI=1S/C21H28N8/c1-15-11-16(2)29(24-15)21-12-20(22-14-23-21)28-9-7-27(8-10-28)13-19-17-5-4-6-18(17)25-26(19)3/h11-12,14H,4-10,13H2,1-3H3. The minimum Gasteiger partial charge on any atom is -0.354 e. The van der Waals surface area contributed by atoms with Crippen molar-refractivity contribution in [1.29, 1.82) is 0 Å². The van der Waals surface area contributed by atoms with Gasteiger partial charge in [0.1, 0.15) is 12.1 Å². The van der Waals surface area contributed by atoms with Gasteiger partial charge in [-0.3, -0.25) is 9.58 Å². The lowest BCUT2D eigenvalue weighted by molar-refractivity contribution is 0.242. The molecule has 0 amide bonds. The van der Waals surface area contributed by atoms with E-state index in [1.54, 1.807) is 6.33 Å². The third-order valence-electron chi connectivity index (χ3n) is 6.13. The van der Waals surface area contributed by atoms with Gasteiger partial charge in [0.05, 0.1) is 17.1 Å². The zero-order valence-corrected chi connectivity index (χ0v) is 17.5. The molecule has 1 fully saturated rings. The van der Waals surface area contributed by atoms with Crippen LogP contribution in [0.3, 0.4) is 0 Å². The number of aromatic nitrogens is 6. The summed E-state index contributed by atoms with van der Waals surface area (Å²) >= 11 is 0. The minimum atomic E-state index is 0.827. The Morgan fingerprint density at radius 1 is 0.931 bits per heavy atom. The molecule has 0 spiro atoms. The highest BCUT2D eigenvalue weighted by Gasteiger charge is 2.24. The number of hydrogen-bond donors (Lipinski definition) is 0. The van der Waals surface area contributed by atoms with Crippen molar-refractivity contribution >= 4 is 5.82 Å². The van der Waals surface area contributed by atoms with E-state index < -0.39 is 0 Å². The monoisotopic (exact) mass is 392 g/mol. The van der Waals surface area contributed by atoms with Gasteiger partial charge in [0, 0.05) is 51.5 Å². The van der Waals surface area contributed by atoms with E-state index >= 15 is 0 Å². The number of fused-ring (bicyclic) bond motifs is 1. The van der Waals surface area contributed by atoms with E-state index in [1.165, 1.54) is 29.8 Å². The summed E-state index contributed by atoms with van der Waals surface area (Å²) in [4.78, 5) is 13.8. The molecule has 0 unspecified atom stereocenters. The molecule has 4 heterocycles. The molecule has 8 nitrogen and oxygen atoms in total. The van der Waals surface area contributed by atoms with Gasteiger partial charge in [-0.1, -0.05) is 0 Å². The van der Waals surface area contributed by atoms with E-state index in [9.17, 15) is 0 Å². The molecule has 8 heteroatoms. The van der Waals surface area contributed by atoms with Crippen LogP contribution in [0, 0.1) is 13.8 Å². The van der Waals surface area contributed by atoms with E-state index in [-0.39, 0.29) is 0 Å². The first-order valence-corrected chi connectivity index (χ1v) is 10.4. The molecule has 0 saturated carbocycles. The Kier molecular flexibility index (Phi) is 4.58. The van der Waals surface area contributed by atoms with Crippen LogP contribution < -0.4 is 4.90 Å². The van der Waals surface area contributed by atoms with Crippen molar-refractivity contribution in [3.63, 3.8) is 0 Å². The van der Waals surface area contributed by atoms with Crippen molar-refractivity contribution in [2.45, 2.75) is 39.7 Å². The van der Waals surface area contributed by atoms with Crippen LogP contribution in [0.1, 0.15) is 34.8 Å². The predicted octanol–water partition coefficient (Wildman–Crippen LogP) is 1.82. The predicted molar refractivity (Wildman–Crippen MR) is 111 cm³/mol. The maximum absolute atomic E-state index is 4.72. The maximum atomic E-state index is 4.72. The SMILES string of the molecule is Cc1cc(C)n(-c2cc(N3CCN(Cc4c5c(nn4C)CCC5)CC3)ncn2)n1. The minimum absolute atomic E-state index is 0.827. The summed E-state index contributed by atoms with van der Waals surface area (Å²) in [6, 6.07) is 4.11. The normalized spacial score (nSPS) is 17.1. The summed E-state index contributed by atoms with van der Waals surface area (Å²) in [6.07, 6.45) is 5.23.